The Bertz CT molecular complexity index is 1240. The first-order valence-corrected chi connectivity index (χ1v) is 11.3. The van der Waals surface area contributed by atoms with E-state index in [1.54, 1.807) is 13.0 Å². The maximum absolute atomic E-state index is 13.0. The van der Waals surface area contributed by atoms with Gasteiger partial charge in [-0.05, 0) is 25.8 Å². The Morgan fingerprint density at radius 2 is 1.83 bits per heavy atom. The molecule has 0 aromatic carbocycles. The number of amides is 2. The minimum absolute atomic E-state index is 0.0999. The average molecular weight is 507 g/mol. The van der Waals surface area contributed by atoms with Crippen molar-refractivity contribution in [3.63, 3.8) is 0 Å². The Balaban J connectivity index is 1.40. The molecule has 3 N–H and O–H groups in total. The molecular weight excluding hydrogens is 487 g/mol. The first-order valence-electron chi connectivity index (χ1n) is 10.5. The summed E-state index contributed by atoms with van der Waals surface area (Å²) in [6.07, 6.45) is 0.511. The molecule has 0 bridgehead atoms. The topological polar surface area (TPSA) is 133 Å². The maximum atomic E-state index is 13.0. The summed E-state index contributed by atoms with van der Waals surface area (Å²) < 4.78 is 38.9. The van der Waals surface area contributed by atoms with Crippen molar-refractivity contribution in [2.45, 2.75) is 32.0 Å². The largest absolute Gasteiger partial charge is 0.506 e. The van der Waals surface area contributed by atoms with Gasteiger partial charge in [-0.3, -0.25) is 9.59 Å². The molecule has 1 aliphatic rings. The molecule has 0 spiro atoms. The smallest absolute Gasteiger partial charge is 0.420 e. The fraction of sp³-hybridized carbons (Fsp3) is 0.333. The highest BCUT2D eigenvalue weighted by Gasteiger charge is 2.34. The van der Waals surface area contributed by atoms with Crippen LogP contribution in [0.3, 0.4) is 0 Å². The Hall–Kier alpha value is -3.81. The monoisotopic (exact) mass is 507 g/mol. The van der Waals surface area contributed by atoms with Crippen molar-refractivity contribution in [2.24, 2.45) is 0 Å². The van der Waals surface area contributed by atoms with Gasteiger partial charge in [-0.15, -0.1) is 11.3 Å². The molecule has 1 saturated heterocycles. The maximum Gasteiger partial charge on any atom is 0.420 e. The molecule has 10 nitrogen and oxygen atoms in total. The van der Waals surface area contributed by atoms with E-state index >= 15 is 0 Å². The molecule has 4 rings (SSSR count). The molecule has 1 atom stereocenters. The second-order valence-electron chi connectivity index (χ2n) is 7.75. The van der Waals surface area contributed by atoms with E-state index in [9.17, 15) is 27.9 Å². The van der Waals surface area contributed by atoms with E-state index in [4.69, 9.17) is 0 Å². The van der Waals surface area contributed by atoms with Crippen LogP contribution in [-0.2, 0) is 6.18 Å². The van der Waals surface area contributed by atoms with Gasteiger partial charge < -0.3 is 20.6 Å². The Kier molecular flexibility index (Phi) is 6.82. The lowest BCUT2D eigenvalue weighted by Gasteiger charge is -2.16. The highest BCUT2D eigenvalue weighted by Crippen LogP contribution is 2.36. The summed E-state index contributed by atoms with van der Waals surface area (Å²) in [6, 6.07) is 1.59. The number of halogens is 3. The summed E-state index contributed by atoms with van der Waals surface area (Å²) in [4.78, 5) is 43.3. The van der Waals surface area contributed by atoms with Crippen molar-refractivity contribution in [2.75, 3.05) is 23.3 Å². The number of alkyl halides is 3. The van der Waals surface area contributed by atoms with Crippen molar-refractivity contribution >= 4 is 34.8 Å². The summed E-state index contributed by atoms with van der Waals surface area (Å²) in [5.41, 5.74) is -1.12. The van der Waals surface area contributed by atoms with Gasteiger partial charge in [0.25, 0.3) is 11.8 Å². The quantitative estimate of drug-likeness (QED) is 0.462. The molecule has 0 saturated carbocycles. The number of rotatable bonds is 6. The minimum Gasteiger partial charge on any atom is -0.506 e. The van der Waals surface area contributed by atoms with Crippen LogP contribution in [0.2, 0.25) is 0 Å². The van der Waals surface area contributed by atoms with E-state index in [-0.39, 0.29) is 16.4 Å². The molecule has 4 heterocycles. The molecule has 14 heteroatoms. The summed E-state index contributed by atoms with van der Waals surface area (Å²) in [6.45, 7) is 3.42. The third-order valence-electron chi connectivity index (χ3n) is 5.21. The van der Waals surface area contributed by atoms with Gasteiger partial charge in [-0.25, -0.2) is 19.9 Å². The predicted octanol–water partition coefficient (Wildman–Crippen LogP) is 3.40. The zero-order valence-electron chi connectivity index (χ0n) is 18.3. The Morgan fingerprint density at radius 3 is 2.54 bits per heavy atom. The minimum atomic E-state index is -4.81. The Morgan fingerprint density at radius 1 is 1.09 bits per heavy atom. The highest BCUT2D eigenvalue weighted by molar-refractivity contribution is 7.13. The van der Waals surface area contributed by atoms with Crippen LogP contribution in [0.25, 0.3) is 0 Å². The SMILES string of the molecule is C[C@@H](NC(=O)c1cc(N2CCCC2)ncn1)c1ncc(C(=O)Nc2cc(C(F)(F)F)c(O)cn2)s1. The van der Waals surface area contributed by atoms with Crippen LogP contribution >= 0.6 is 11.3 Å². The van der Waals surface area contributed by atoms with E-state index in [1.807, 2.05) is 0 Å². The molecule has 2 amide bonds. The third kappa shape index (κ3) is 5.65. The van der Waals surface area contributed by atoms with Crippen LogP contribution in [0.4, 0.5) is 24.8 Å². The number of nitrogens with zero attached hydrogens (tertiary/aromatic N) is 5. The van der Waals surface area contributed by atoms with Crippen molar-refractivity contribution in [1.82, 2.24) is 25.3 Å². The fourth-order valence-corrected chi connectivity index (χ4v) is 4.25. The molecule has 3 aromatic rings. The highest BCUT2D eigenvalue weighted by atomic mass is 32.1. The summed E-state index contributed by atoms with van der Waals surface area (Å²) in [7, 11) is 0. The molecule has 0 unspecified atom stereocenters. The first kappa shape index (κ1) is 24.3. The lowest BCUT2D eigenvalue weighted by Crippen LogP contribution is -2.28. The van der Waals surface area contributed by atoms with E-state index in [1.165, 1.54) is 12.5 Å². The van der Waals surface area contributed by atoms with Crippen LogP contribution < -0.4 is 15.5 Å². The van der Waals surface area contributed by atoms with Crippen LogP contribution in [0.1, 0.15) is 56.5 Å². The molecule has 1 fully saturated rings. The lowest BCUT2D eigenvalue weighted by atomic mass is 10.2. The summed E-state index contributed by atoms with van der Waals surface area (Å²) in [5, 5.41) is 14.8. The van der Waals surface area contributed by atoms with Gasteiger partial charge in [0.05, 0.1) is 18.4 Å². The third-order valence-corrected chi connectivity index (χ3v) is 6.39. The number of thiazole rings is 1. The zero-order valence-corrected chi connectivity index (χ0v) is 19.2. The second-order valence-corrected chi connectivity index (χ2v) is 8.81. The van der Waals surface area contributed by atoms with Crippen molar-refractivity contribution in [1.29, 1.82) is 0 Å². The number of aromatic hydroxyl groups is 1. The van der Waals surface area contributed by atoms with E-state index < -0.39 is 35.3 Å². The number of carbonyl (C=O) groups excluding carboxylic acids is 2. The van der Waals surface area contributed by atoms with Gasteiger partial charge >= 0.3 is 6.18 Å². The van der Waals surface area contributed by atoms with Crippen molar-refractivity contribution < 1.29 is 27.9 Å². The Labute approximate surface area is 201 Å². The van der Waals surface area contributed by atoms with Crippen LogP contribution in [0.5, 0.6) is 5.75 Å². The summed E-state index contributed by atoms with van der Waals surface area (Å²) >= 11 is 0.964. The van der Waals surface area contributed by atoms with Gasteiger partial charge in [0.15, 0.2) is 0 Å². The number of carbonyl (C=O) groups is 2. The summed E-state index contributed by atoms with van der Waals surface area (Å²) in [5.74, 6) is -1.91. The number of anilines is 2. The number of aromatic nitrogens is 4. The van der Waals surface area contributed by atoms with Gasteiger partial charge in [-0.1, -0.05) is 0 Å². The van der Waals surface area contributed by atoms with Gasteiger partial charge in [0.2, 0.25) is 0 Å². The fourth-order valence-electron chi connectivity index (χ4n) is 3.44. The molecule has 0 radical (unpaired) electrons. The molecular formula is C21H20F3N7O3S. The number of hydrogen-bond donors (Lipinski definition) is 3. The van der Waals surface area contributed by atoms with E-state index in [2.05, 4.69) is 35.5 Å². The molecule has 184 valence electrons. The van der Waals surface area contributed by atoms with Crippen LogP contribution in [0.15, 0.2) is 30.9 Å². The standard InChI is InChI=1S/C21H20F3N7O3S/c1-11(29-18(33)13-7-17(28-10-27-13)31-4-2-3-5-31)20-26-9-15(35-20)19(34)30-16-6-12(21(22,23)24)14(32)8-25-16/h6-11,32H,2-5H2,1H3,(H,29,33)(H,25,30,34)/t11-/m1/s1. The first-order chi connectivity index (χ1) is 16.6. The van der Waals surface area contributed by atoms with Crippen LogP contribution in [0, 0.1) is 0 Å². The zero-order chi connectivity index (χ0) is 25.2. The van der Waals surface area contributed by atoms with Crippen molar-refractivity contribution in [3.8, 4) is 5.75 Å². The van der Waals surface area contributed by atoms with Crippen molar-refractivity contribution in [3.05, 3.63) is 52.0 Å². The number of pyridine rings is 1. The normalized spacial score (nSPS) is 14.6. The van der Waals surface area contributed by atoms with E-state index in [0.717, 1.165) is 37.3 Å². The molecule has 3 aromatic heterocycles. The second kappa shape index (κ2) is 9.82. The molecule has 0 aliphatic carbocycles. The lowest BCUT2D eigenvalue weighted by molar-refractivity contribution is -0.138. The number of nitrogens with one attached hydrogen (secondary N) is 2. The van der Waals surface area contributed by atoms with Gasteiger partial charge in [0.1, 0.15) is 44.9 Å². The molecule has 1 aliphatic heterocycles. The molecule has 35 heavy (non-hydrogen) atoms. The van der Waals surface area contributed by atoms with E-state index in [0.29, 0.717) is 23.1 Å². The van der Waals surface area contributed by atoms with Gasteiger partial charge in [-0.2, -0.15) is 13.2 Å². The van der Waals surface area contributed by atoms with Crippen LogP contribution in [-0.4, -0.2) is 49.9 Å². The predicted molar refractivity (Wildman–Crippen MR) is 120 cm³/mol. The van der Waals surface area contributed by atoms with Gasteiger partial charge in [0, 0.05) is 19.2 Å². The average Bonchev–Trinajstić information content (AvgIpc) is 3.52. The number of hydrogen-bond acceptors (Lipinski definition) is 9.